The van der Waals surface area contributed by atoms with Crippen LogP contribution >= 0.6 is 24.0 Å². The zero-order chi connectivity index (χ0) is 13.8. The van der Waals surface area contributed by atoms with Crippen LogP contribution in [0.5, 0.6) is 0 Å². The van der Waals surface area contributed by atoms with Gasteiger partial charge in [0.2, 0.25) is 0 Å². The smallest absolute Gasteiger partial charge is 0.325 e. The van der Waals surface area contributed by atoms with Gasteiger partial charge in [0.15, 0.2) is 5.96 Å². The van der Waals surface area contributed by atoms with Crippen molar-refractivity contribution in [2.24, 2.45) is 10.7 Å². The molecule has 1 fully saturated rings. The molecule has 0 aliphatic carbocycles. The third kappa shape index (κ3) is 4.22. The van der Waals surface area contributed by atoms with E-state index in [0.29, 0.717) is 31.9 Å². The maximum atomic E-state index is 12.0. The Bertz CT molecular complexity index is 374. The number of rotatable bonds is 5. The summed E-state index contributed by atoms with van der Waals surface area (Å²) in [4.78, 5) is 28.7. The van der Waals surface area contributed by atoms with Crippen LogP contribution in [0.2, 0.25) is 0 Å². The molecule has 110 valence electrons. The van der Waals surface area contributed by atoms with Gasteiger partial charge in [-0.1, -0.05) is 6.92 Å². The number of nitrogens with zero attached hydrogens (tertiary/aromatic N) is 2. The topological polar surface area (TPSA) is 99.8 Å². The van der Waals surface area contributed by atoms with E-state index < -0.39 is 5.54 Å². The Morgan fingerprint density at radius 3 is 2.63 bits per heavy atom. The lowest BCUT2D eigenvalue weighted by Gasteiger charge is -2.19. The van der Waals surface area contributed by atoms with E-state index in [1.807, 2.05) is 6.92 Å². The number of nitrogens with two attached hydrogens (primary N) is 1. The molecule has 0 spiro atoms. The van der Waals surface area contributed by atoms with Gasteiger partial charge in [-0.3, -0.25) is 14.7 Å². The molecule has 1 heterocycles. The lowest BCUT2D eigenvalue weighted by atomic mass is 9.99. The van der Waals surface area contributed by atoms with Gasteiger partial charge in [0.1, 0.15) is 5.54 Å². The largest absolute Gasteiger partial charge is 0.370 e. The maximum Gasteiger partial charge on any atom is 0.325 e. The third-order valence-corrected chi connectivity index (χ3v) is 3.16. The highest BCUT2D eigenvalue weighted by Gasteiger charge is 2.45. The molecule has 1 unspecified atom stereocenters. The number of imide groups is 1. The molecule has 1 aliphatic rings. The fraction of sp³-hybridized carbons (Fsp3) is 0.727. The normalized spacial score (nSPS) is 23.1. The summed E-state index contributed by atoms with van der Waals surface area (Å²) in [5.74, 6) is 0.192. The Balaban J connectivity index is 0.00000324. The van der Waals surface area contributed by atoms with Crippen LogP contribution in [0, 0.1) is 0 Å². The monoisotopic (exact) mass is 383 g/mol. The molecule has 1 aliphatic heterocycles. The number of guanidine groups is 1. The molecule has 7 nitrogen and oxygen atoms in total. The van der Waals surface area contributed by atoms with Crippen molar-refractivity contribution in [3.05, 3.63) is 0 Å². The zero-order valence-corrected chi connectivity index (χ0v) is 13.9. The number of carbonyl (C=O) groups is 2. The van der Waals surface area contributed by atoms with Crippen LogP contribution in [0.4, 0.5) is 4.79 Å². The van der Waals surface area contributed by atoms with Crippen LogP contribution in [-0.2, 0) is 4.79 Å². The lowest BCUT2D eigenvalue weighted by molar-refractivity contribution is -0.130. The van der Waals surface area contributed by atoms with Gasteiger partial charge >= 0.3 is 6.03 Å². The average Bonchev–Trinajstić information content (AvgIpc) is 2.57. The second-order valence-corrected chi connectivity index (χ2v) is 4.46. The molecule has 0 radical (unpaired) electrons. The van der Waals surface area contributed by atoms with Gasteiger partial charge in [0.25, 0.3) is 5.91 Å². The number of nitrogens with one attached hydrogen (secondary N) is 2. The van der Waals surface area contributed by atoms with Gasteiger partial charge < -0.3 is 16.4 Å². The number of hydrogen-bond donors (Lipinski definition) is 3. The highest BCUT2D eigenvalue weighted by molar-refractivity contribution is 14.0. The summed E-state index contributed by atoms with van der Waals surface area (Å²) in [6, 6.07) is -0.318. The molecule has 4 N–H and O–H groups in total. The number of halogens is 1. The van der Waals surface area contributed by atoms with Gasteiger partial charge in [0.05, 0.1) is 0 Å². The molecule has 0 aromatic rings. The molecule has 3 amide bonds. The fourth-order valence-corrected chi connectivity index (χ4v) is 1.72. The standard InChI is InChI=1S/C11H21N5O2.HI/c1-4-11(2)8(17)16(10(18)15-11)7-5-6-14-9(12)13-3;/h4-7H2,1-3H3,(H,15,18)(H3,12,13,14);1H. The highest BCUT2D eigenvalue weighted by Crippen LogP contribution is 2.20. The van der Waals surface area contributed by atoms with E-state index in [1.54, 1.807) is 14.0 Å². The van der Waals surface area contributed by atoms with E-state index >= 15 is 0 Å². The minimum absolute atomic E-state index is 0. The van der Waals surface area contributed by atoms with E-state index in [2.05, 4.69) is 15.6 Å². The second kappa shape index (κ2) is 7.51. The molecule has 0 aromatic carbocycles. The van der Waals surface area contributed by atoms with Crippen molar-refractivity contribution >= 4 is 41.9 Å². The molecule has 0 saturated carbocycles. The summed E-state index contributed by atoms with van der Waals surface area (Å²) < 4.78 is 0. The second-order valence-electron chi connectivity index (χ2n) is 4.46. The first-order chi connectivity index (χ1) is 8.44. The SMILES string of the molecule is CCC1(C)NC(=O)N(CCCNC(N)=NC)C1=O.I. The molecular weight excluding hydrogens is 361 g/mol. The molecule has 19 heavy (non-hydrogen) atoms. The number of urea groups is 1. The summed E-state index contributed by atoms with van der Waals surface area (Å²) in [5.41, 5.74) is 4.71. The van der Waals surface area contributed by atoms with Crippen LogP contribution in [-0.4, -0.2) is 48.5 Å². The van der Waals surface area contributed by atoms with Crippen LogP contribution in [0.1, 0.15) is 26.7 Å². The average molecular weight is 383 g/mol. The summed E-state index contributed by atoms with van der Waals surface area (Å²) in [5, 5.41) is 5.59. The Morgan fingerprint density at radius 2 is 2.16 bits per heavy atom. The van der Waals surface area contributed by atoms with Crippen molar-refractivity contribution in [3.63, 3.8) is 0 Å². The summed E-state index contributed by atoms with van der Waals surface area (Å²) >= 11 is 0. The predicted molar refractivity (Wildman–Crippen MR) is 84.5 cm³/mol. The quantitative estimate of drug-likeness (QED) is 0.208. The van der Waals surface area contributed by atoms with Gasteiger partial charge in [0, 0.05) is 20.1 Å². The van der Waals surface area contributed by atoms with Crippen LogP contribution in [0.15, 0.2) is 4.99 Å². The number of amides is 3. The van der Waals surface area contributed by atoms with Gasteiger partial charge in [-0.15, -0.1) is 24.0 Å². The van der Waals surface area contributed by atoms with Crippen molar-refractivity contribution < 1.29 is 9.59 Å². The van der Waals surface area contributed by atoms with Gasteiger partial charge in [-0.05, 0) is 19.8 Å². The Labute approximate surface area is 130 Å². The molecule has 0 bridgehead atoms. The fourth-order valence-electron chi connectivity index (χ4n) is 1.72. The van der Waals surface area contributed by atoms with E-state index in [9.17, 15) is 9.59 Å². The molecular formula is C11H22IN5O2. The van der Waals surface area contributed by atoms with Crippen molar-refractivity contribution in [1.82, 2.24) is 15.5 Å². The Kier molecular flexibility index (Phi) is 7.09. The van der Waals surface area contributed by atoms with Crippen LogP contribution < -0.4 is 16.4 Å². The van der Waals surface area contributed by atoms with Crippen molar-refractivity contribution in [1.29, 1.82) is 0 Å². The lowest BCUT2D eigenvalue weighted by Crippen LogP contribution is -2.43. The minimum Gasteiger partial charge on any atom is -0.370 e. The van der Waals surface area contributed by atoms with E-state index in [1.165, 1.54) is 4.90 Å². The molecule has 0 aromatic heterocycles. The van der Waals surface area contributed by atoms with E-state index in [0.717, 1.165) is 0 Å². The summed E-state index contributed by atoms with van der Waals surface area (Å²) in [6.45, 7) is 4.57. The maximum absolute atomic E-state index is 12.0. The highest BCUT2D eigenvalue weighted by atomic mass is 127. The molecule has 8 heteroatoms. The van der Waals surface area contributed by atoms with Gasteiger partial charge in [-0.25, -0.2) is 4.79 Å². The number of hydrogen-bond acceptors (Lipinski definition) is 3. The Hall–Kier alpha value is -1.06. The Morgan fingerprint density at radius 1 is 1.53 bits per heavy atom. The van der Waals surface area contributed by atoms with Crippen LogP contribution in [0.3, 0.4) is 0 Å². The van der Waals surface area contributed by atoms with Gasteiger partial charge in [-0.2, -0.15) is 0 Å². The first kappa shape index (κ1) is 17.9. The van der Waals surface area contributed by atoms with E-state index in [-0.39, 0.29) is 35.9 Å². The van der Waals surface area contributed by atoms with Crippen molar-refractivity contribution in [2.45, 2.75) is 32.2 Å². The van der Waals surface area contributed by atoms with Crippen LogP contribution in [0.25, 0.3) is 0 Å². The molecule has 1 rings (SSSR count). The van der Waals surface area contributed by atoms with E-state index in [4.69, 9.17) is 5.73 Å². The summed E-state index contributed by atoms with van der Waals surface area (Å²) in [7, 11) is 1.59. The third-order valence-electron chi connectivity index (χ3n) is 3.16. The summed E-state index contributed by atoms with van der Waals surface area (Å²) in [6.07, 6.45) is 1.22. The predicted octanol–water partition coefficient (Wildman–Crippen LogP) is 0.249. The first-order valence-corrected chi connectivity index (χ1v) is 6.05. The van der Waals surface area contributed by atoms with Crippen molar-refractivity contribution in [3.8, 4) is 0 Å². The minimum atomic E-state index is -0.756. The number of carbonyl (C=O) groups excluding carboxylic acids is 2. The molecule has 1 saturated heterocycles. The van der Waals surface area contributed by atoms with Crippen molar-refractivity contribution in [2.75, 3.05) is 20.1 Å². The first-order valence-electron chi connectivity index (χ1n) is 6.05. The number of aliphatic imine (C=N–C) groups is 1. The zero-order valence-electron chi connectivity index (χ0n) is 11.5. The molecule has 1 atom stereocenters.